The van der Waals surface area contributed by atoms with Gasteiger partial charge in [-0.05, 0) is 54.3 Å². The van der Waals surface area contributed by atoms with Gasteiger partial charge in [-0.3, -0.25) is 4.79 Å². The average Bonchev–Trinajstić information content (AvgIpc) is 2.65. The minimum atomic E-state index is -0.617. The van der Waals surface area contributed by atoms with Crippen molar-refractivity contribution in [3.63, 3.8) is 0 Å². The number of anilines is 2. The molecular weight excluding hydrogens is 340 g/mol. The van der Waals surface area contributed by atoms with Crippen molar-refractivity contribution in [1.29, 1.82) is 0 Å². The second-order valence-corrected chi connectivity index (χ2v) is 6.77. The molecule has 2 aromatic carbocycles. The van der Waals surface area contributed by atoms with Gasteiger partial charge in [-0.25, -0.2) is 4.79 Å². The van der Waals surface area contributed by atoms with Crippen molar-refractivity contribution in [2.75, 3.05) is 24.7 Å². The van der Waals surface area contributed by atoms with E-state index >= 15 is 0 Å². The Morgan fingerprint density at radius 2 is 1.74 bits per heavy atom. The lowest BCUT2D eigenvalue weighted by Crippen LogP contribution is -2.19. The average molecular weight is 364 g/mol. The van der Waals surface area contributed by atoms with Gasteiger partial charge in [-0.1, -0.05) is 13.8 Å². The molecule has 0 fully saturated rings. The topological polar surface area (TPSA) is 76.5 Å². The highest BCUT2D eigenvalue weighted by Gasteiger charge is 2.23. The standard InChI is InChI=1S/C22H24N2O3/c1-5-13-11-15(23)12-18-19(13)17(6-2)20(22(26)27-18)21(25)14-7-9-16(10-8-14)24(3)4/h7-12H,5-6,23H2,1-4H3. The maximum Gasteiger partial charge on any atom is 0.347 e. The first-order chi connectivity index (χ1) is 12.9. The van der Waals surface area contributed by atoms with Crippen molar-refractivity contribution < 1.29 is 9.21 Å². The molecule has 3 aromatic rings. The van der Waals surface area contributed by atoms with Crippen molar-refractivity contribution in [1.82, 2.24) is 0 Å². The predicted octanol–water partition coefficient (Wildman–Crippen LogP) is 3.80. The maximum atomic E-state index is 13.1. The van der Waals surface area contributed by atoms with Gasteiger partial charge < -0.3 is 15.1 Å². The molecule has 2 N–H and O–H groups in total. The zero-order valence-electron chi connectivity index (χ0n) is 16.1. The number of fused-ring (bicyclic) bond motifs is 1. The van der Waals surface area contributed by atoms with Gasteiger partial charge in [0.2, 0.25) is 5.78 Å². The molecule has 5 nitrogen and oxygen atoms in total. The van der Waals surface area contributed by atoms with Crippen molar-refractivity contribution in [3.8, 4) is 0 Å². The highest BCUT2D eigenvalue weighted by Crippen LogP contribution is 2.29. The third-order valence-electron chi connectivity index (χ3n) is 4.82. The Labute approximate surface area is 158 Å². The van der Waals surface area contributed by atoms with Crippen LogP contribution in [0.5, 0.6) is 0 Å². The molecule has 0 radical (unpaired) electrons. The Hall–Kier alpha value is -3.08. The molecule has 0 saturated carbocycles. The summed E-state index contributed by atoms with van der Waals surface area (Å²) in [5, 5.41) is 0.821. The number of rotatable bonds is 5. The van der Waals surface area contributed by atoms with Gasteiger partial charge in [-0.2, -0.15) is 0 Å². The predicted molar refractivity (Wildman–Crippen MR) is 110 cm³/mol. The number of ketones is 1. The second kappa shape index (κ2) is 7.27. The van der Waals surface area contributed by atoms with E-state index < -0.39 is 5.63 Å². The number of aryl methyl sites for hydroxylation is 2. The minimum Gasteiger partial charge on any atom is -0.422 e. The monoisotopic (exact) mass is 364 g/mol. The van der Waals surface area contributed by atoms with E-state index in [9.17, 15) is 9.59 Å². The Bertz CT molecular complexity index is 1060. The summed E-state index contributed by atoms with van der Waals surface area (Å²) in [5.74, 6) is -0.313. The molecule has 0 aliphatic carbocycles. The zero-order chi connectivity index (χ0) is 19.7. The third kappa shape index (κ3) is 3.33. The Kier molecular flexibility index (Phi) is 5.04. The molecule has 140 valence electrons. The Morgan fingerprint density at radius 3 is 2.30 bits per heavy atom. The van der Waals surface area contributed by atoms with Gasteiger partial charge >= 0.3 is 5.63 Å². The van der Waals surface area contributed by atoms with Crippen LogP contribution < -0.4 is 16.3 Å². The van der Waals surface area contributed by atoms with E-state index in [1.165, 1.54) is 0 Å². The number of hydrogen-bond donors (Lipinski definition) is 1. The smallest absolute Gasteiger partial charge is 0.347 e. The van der Waals surface area contributed by atoms with Crippen molar-refractivity contribution in [3.05, 3.63) is 69.1 Å². The van der Waals surface area contributed by atoms with E-state index in [4.69, 9.17) is 10.2 Å². The molecule has 27 heavy (non-hydrogen) atoms. The van der Waals surface area contributed by atoms with Gasteiger partial charge in [0.15, 0.2) is 0 Å². The highest BCUT2D eigenvalue weighted by atomic mass is 16.4. The van der Waals surface area contributed by atoms with Crippen LogP contribution in [0.4, 0.5) is 11.4 Å². The minimum absolute atomic E-state index is 0.113. The number of nitrogen functional groups attached to an aromatic ring is 1. The summed E-state index contributed by atoms with van der Waals surface area (Å²) < 4.78 is 5.50. The Balaban J connectivity index is 2.24. The number of carbonyl (C=O) groups is 1. The van der Waals surface area contributed by atoms with E-state index in [0.717, 1.165) is 28.6 Å². The molecule has 0 saturated heterocycles. The lowest BCUT2D eigenvalue weighted by Gasteiger charge is -2.14. The van der Waals surface area contributed by atoms with E-state index in [1.807, 2.05) is 51.0 Å². The largest absolute Gasteiger partial charge is 0.422 e. The van der Waals surface area contributed by atoms with Crippen LogP contribution in [0.3, 0.4) is 0 Å². The molecule has 0 aliphatic heterocycles. The fourth-order valence-corrected chi connectivity index (χ4v) is 3.44. The zero-order valence-corrected chi connectivity index (χ0v) is 16.1. The summed E-state index contributed by atoms with van der Waals surface area (Å²) in [6, 6.07) is 10.7. The summed E-state index contributed by atoms with van der Waals surface area (Å²) in [4.78, 5) is 27.8. The molecule has 0 unspecified atom stereocenters. The molecule has 5 heteroatoms. The van der Waals surface area contributed by atoms with Crippen LogP contribution in [-0.2, 0) is 12.8 Å². The summed E-state index contributed by atoms with van der Waals surface area (Å²) >= 11 is 0. The fourth-order valence-electron chi connectivity index (χ4n) is 3.44. The second-order valence-electron chi connectivity index (χ2n) is 6.77. The SMILES string of the molecule is CCc1cc(N)cc2oc(=O)c(C(=O)c3ccc(N(C)C)cc3)c(CC)c12. The van der Waals surface area contributed by atoms with Gasteiger partial charge in [0.1, 0.15) is 11.1 Å². The van der Waals surface area contributed by atoms with Crippen LogP contribution in [0.2, 0.25) is 0 Å². The maximum absolute atomic E-state index is 13.1. The molecule has 0 spiro atoms. The normalized spacial score (nSPS) is 11.0. The molecule has 1 heterocycles. The van der Waals surface area contributed by atoms with Gasteiger partial charge in [-0.15, -0.1) is 0 Å². The number of nitrogens with two attached hydrogens (primary N) is 1. The Morgan fingerprint density at radius 1 is 1.07 bits per heavy atom. The van der Waals surface area contributed by atoms with E-state index in [0.29, 0.717) is 23.3 Å². The van der Waals surface area contributed by atoms with Gasteiger partial charge in [0.25, 0.3) is 0 Å². The lowest BCUT2D eigenvalue weighted by molar-refractivity contribution is 0.103. The summed E-state index contributed by atoms with van der Waals surface area (Å²) in [6.45, 7) is 3.95. The molecule has 0 atom stereocenters. The molecular formula is C22H24N2O3. The van der Waals surface area contributed by atoms with Crippen LogP contribution in [0.1, 0.15) is 40.9 Å². The summed E-state index contributed by atoms with van der Waals surface area (Å²) in [7, 11) is 3.86. The van der Waals surface area contributed by atoms with Crippen LogP contribution in [0, 0.1) is 0 Å². The van der Waals surface area contributed by atoms with Gasteiger partial charge in [0.05, 0.1) is 0 Å². The van der Waals surface area contributed by atoms with Crippen LogP contribution in [0.15, 0.2) is 45.6 Å². The van der Waals surface area contributed by atoms with E-state index in [2.05, 4.69) is 0 Å². The first-order valence-electron chi connectivity index (χ1n) is 9.07. The van der Waals surface area contributed by atoms with E-state index in [-0.39, 0.29) is 11.3 Å². The molecule has 0 amide bonds. The van der Waals surface area contributed by atoms with Crippen LogP contribution in [-0.4, -0.2) is 19.9 Å². The van der Waals surface area contributed by atoms with Crippen molar-refractivity contribution in [2.24, 2.45) is 0 Å². The first kappa shape index (κ1) is 18.7. The summed E-state index contributed by atoms with van der Waals surface area (Å²) in [6.07, 6.45) is 1.28. The number of benzene rings is 2. The van der Waals surface area contributed by atoms with Crippen molar-refractivity contribution >= 4 is 28.1 Å². The van der Waals surface area contributed by atoms with Crippen LogP contribution in [0.25, 0.3) is 11.0 Å². The number of nitrogens with zero attached hydrogens (tertiary/aromatic N) is 1. The number of carbonyl (C=O) groups excluding carboxylic acids is 1. The molecule has 3 rings (SSSR count). The van der Waals surface area contributed by atoms with Crippen LogP contribution >= 0.6 is 0 Å². The fraction of sp³-hybridized carbons (Fsp3) is 0.273. The molecule has 0 aliphatic rings. The van der Waals surface area contributed by atoms with E-state index in [1.54, 1.807) is 18.2 Å². The molecule has 0 bridgehead atoms. The third-order valence-corrected chi connectivity index (χ3v) is 4.82. The van der Waals surface area contributed by atoms with Crippen molar-refractivity contribution in [2.45, 2.75) is 26.7 Å². The number of hydrogen-bond acceptors (Lipinski definition) is 5. The first-order valence-corrected chi connectivity index (χ1v) is 9.07. The van der Waals surface area contributed by atoms with Gasteiger partial charge in [0, 0.05) is 42.5 Å². The molecule has 1 aromatic heterocycles. The lowest BCUT2D eigenvalue weighted by atomic mass is 9.92. The summed E-state index contributed by atoms with van der Waals surface area (Å²) in [5.41, 5.74) is 9.56. The highest BCUT2D eigenvalue weighted by molar-refractivity contribution is 6.11. The quantitative estimate of drug-likeness (QED) is 0.423.